The first kappa shape index (κ1) is 30.1. The molecular weight excluding hydrogens is 554 g/mol. The fourth-order valence-corrected chi connectivity index (χ4v) is 4.23. The van der Waals surface area contributed by atoms with E-state index in [9.17, 15) is 20.2 Å². The number of H-pyrrole nitrogens is 1. The lowest BCUT2D eigenvalue weighted by Crippen LogP contribution is -2.01. The Bertz CT molecular complexity index is 1700. The van der Waals surface area contributed by atoms with Gasteiger partial charge in [-0.25, -0.2) is 0 Å². The van der Waals surface area contributed by atoms with E-state index >= 15 is 0 Å². The maximum atomic E-state index is 11.1. The molecule has 0 unspecified atom stereocenters. The number of nitrogens with zero attached hydrogens (tertiary/aromatic N) is 2. The highest BCUT2D eigenvalue weighted by molar-refractivity contribution is 5.88. The number of hydrogen-bond acceptors (Lipinski definition) is 8. The summed E-state index contributed by atoms with van der Waals surface area (Å²) in [6.45, 7) is 0.764. The molecule has 0 bridgehead atoms. The number of hydrogen-bond donors (Lipinski definition) is 1. The van der Waals surface area contributed by atoms with Crippen LogP contribution in [0.25, 0.3) is 17.0 Å². The number of nitro benzene ring substituents is 1. The molecule has 0 fully saturated rings. The van der Waals surface area contributed by atoms with Crippen molar-refractivity contribution < 1.29 is 28.8 Å². The first-order valence-corrected chi connectivity index (χ1v) is 13.1. The molecule has 5 rings (SSSR count). The van der Waals surface area contributed by atoms with Crippen LogP contribution in [0.5, 0.6) is 23.0 Å². The monoisotopic (exact) mass is 583 g/mol. The van der Waals surface area contributed by atoms with Crippen molar-refractivity contribution in [2.24, 2.45) is 0 Å². The Labute approximate surface area is 247 Å². The Kier molecular flexibility index (Phi) is 10.3. The third-order valence-electron chi connectivity index (χ3n) is 6.23. The summed E-state index contributed by atoms with van der Waals surface area (Å²) in [6.07, 6.45) is 3.53. The summed E-state index contributed by atoms with van der Waals surface area (Å²) in [7, 11) is 2.98. The maximum Gasteiger partial charge on any atom is 0.280 e. The summed E-state index contributed by atoms with van der Waals surface area (Å²) in [6, 6.07) is 28.0. The largest absolute Gasteiger partial charge is 0.492 e. The lowest BCUT2D eigenvalue weighted by Gasteiger charge is -2.13. The van der Waals surface area contributed by atoms with E-state index in [2.05, 4.69) is 4.98 Å². The van der Waals surface area contributed by atoms with Gasteiger partial charge < -0.3 is 23.9 Å². The Morgan fingerprint density at radius 2 is 1.28 bits per heavy atom. The van der Waals surface area contributed by atoms with Crippen molar-refractivity contribution in [3.63, 3.8) is 0 Å². The van der Waals surface area contributed by atoms with Gasteiger partial charge in [0.05, 0.1) is 24.1 Å². The molecule has 11 nitrogen and oxygen atoms in total. The molecule has 0 saturated carbocycles. The SMILES string of the molecule is COc1c(OCc2ccccc2)ccc([N+](=O)[O-])c1/C=C/[N+](=O)[O-].COc1c(OCc2ccccc2)ccc2[nH]ccc12. The van der Waals surface area contributed by atoms with Gasteiger partial charge in [0.2, 0.25) is 6.20 Å². The van der Waals surface area contributed by atoms with Gasteiger partial charge in [0.25, 0.3) is 5.69 Å². The summed E-state index contributed by atoms with van der Waals surface area (Å²) in [5.41, 5.74) is 2.75. The molecule has 4 aromatic carbocycles. The molecule has 0 aliphatic carbocycles. The van der Waals surface area contributed by atoms with Gasteiger partial charge in [-0.3, -0.25) is 20.2 Å². The standard InChI is InChI=1S/C16H14N2O6.C16H15NO2/c1-23-16-13(9-10-17(19)20)14(18(21)22)7-8-15(16)24-11-12-5-3-2-4-6-12;1-18-16-13-9-10-17-14(13)7-8-15(16)19-11-12-5-3-2-4-6-12/h2-10H,11H2,1H3;2-10,17H,11H2,1H3/b10-9+;. The number of fused-ring (bicyclic) bond motifs is 1. The molecule has 1 aromatic heterocycles. The average molecular weight is 584 g/mol. The lowest BCUT2D eigenvalue weighted by molar-refractivity contribution is -0.401. The van der Waals surface area contributed by atoms with Gasteiger partial charge >= 0.3 is 0 Å². The van der Waals surface area contributed by atoms with Crippen LogP contribution in [0.1, 0.15) is 16.7 Å². The molecule has 11 heteroatoms. The van der Waals surface area contributed by atoms with Gasteiger partial charge in [-0.1, -0.05) is 60.7 Å². The number of nitro groups is 2. The molecule has 0 atom stereocenters. The van der Waals surface area contributed by atoms with Crippen LogP contribution in [0.4, 0.5) is 5.69 Å². The van der Waals surface area contributed by atoms with E-state index in [1.54, 1.807) is 7.11 Å². The summed E-state index contributed by atoms with van der Waals surface area (Å²) < 4.78 is 22.1. The third-order valence-corrected chi connectivity index (χ3v) is 6.23. The quantitative estimate of drug-likeness (QED) is 0.127. The second kappa shape index (κ2) is 14.7. The maximum absolute atomic E-state index is 11.1. The van der Waals surface area contributed by atoms with Crippen molar-refractivity contribution in [1.82, 2.24) is 4.98 Å². The fourth-order valence-electron chi connectivity index (χ4n) is 4.23. The zero-order valence-electron chi connectivity index (χ0n) is 23.5. The van der Waals surface area contributed by atoms with E-state index in [0.29, 0.717) is 12.8 Å². The first-order chi connectivity index (χ1) is 20.9. The van der Waals surface area contributed by atoms with Crippen LogP contribution in [-0.2, 0) is 13.2 Å². The average Bonchev–Trinajstić information content (AvgIpc) is 3.51. The predicted octanol–water partition coefficient (Wildman–Crippen LogP) is 7.19. The molecular formula is C32H29N3O8. The molecule has 0 aliphatic heterocycles. The Hall–Kier alpha value is -5.84. The number of methoxy groups -OCH3 is 2. The van der Waals surface area contributed by atoms with E-state index in [1.807, 2.05) is 85.1 Å². The second-order valence-corrected chi connectivity index (χ2v) is 8.97. The molecule has 0 spiro atoms. The Balaban J connectivity index is 0.000000202. The fraction of sp³-hybridized carbons (Fsp3) is 0.125. The van der Waals surface area contributed by atoms with Gasteiger partial charge in [0, 0.05) is 29.2 Å². The normalized spacial score (nSPS) is 10.6. The molecule has 1 N–H and O–H groups in total. The number of ether oxygens (including phenoxy) is 4. The van der Waals surface area contributed by atoms with Gasteiger partial charge in [-0.2, -0.15) is 0 Å². The number of aromatic amines is 1. The number of rotatable bonds is 11. The summed E-state index contributed by atoms with van der Waals surface area (Å²) in [5.74, 6) is 1.86. The molecule has 0 radical (unpaired) electrons. The number of nitrogens with one attached hydrogen (secondary N) is 1. The van der Waals surface area contributed by atoms with E-state index in [4.69, 9.17) is 18.9 Å². The molecule has 1 heterocycles. The molecule has 0 saturated heterocycles. The Morgan fingerprint density at radius 3 is 1.81 bits per heavy atom. The van der Waals surface area contributed by atoms with Crippen LogP contribution in [0, 0.1) is 20.2 Å². The zero-order chi connectivity index (χ0) is 30.6. The highest BCUT2D eigenvalue weighted by Crippen LogP contribution is 2.39. The van der Waals surface area contributed by atoms with Gasteiger partial charge in [0.1, 0.15) is 18.8 Å². The number of aromatic nitrogens is 1. The third kappa shape index (κ3) is 7.88. The van der Waals surface area contributed by atoms with Crippen molar-refractivity contribution in [2.45, 2.75) is 13.2 Å². The molecule has 220 valence electrons. The van der Waals surface area contributed by atoms with Crippen LogP contribution >= 0.6 is 0 Å². The van der Waals surface area contributed by atoms with Crippen molar-refractivity contribution in [3.05, 3.63) is 140 Å². The molecule has 0 amide bonds. The van der Waals surface area contributed by atoms with Crippen LogP contribution in [0.3, 0.4) is 0 Å². The highest BCUT2D eigenvalue weighted by Gasteiger charge is 2.22. The van der Waals surface area contributed by atoms with E-state index in [0.717, 1.165) is 39.6 Å². The van der Waals surface area contributed by atoms with E-state index in [1.165, 1.54) is 19.2 Å². The topological polar surface area (TPSA) is 139 Å². The predicted molar refractivity (Wildman–Crippen MR) is 162 cm³/mol. The minimum absolute atomic E-state index is 0.0234. The summed E-state index contributed by atoms with van der Waals surface area (Å²) >= 11 is 0. The molecule has 0 aliphatic rings. The first-order valence-electron chi connectivity index (χ1n) is 13.1. The van der Waals surface area contributed by atoms with E-state index < -0.39 is 9.85 Å². The molecule has 43 heavy (non-hydrogen) atoms. The summed E-state index contributed by atoms with van der Waals surface area (Å²) in [5, 5.41) is 22.7. The van der Waals surface area contributed by atoms with Gasteiger partial charge in [-0.05, 0) is 35.4 Å². The van der Waals surface area contributed by atoms with Crippen LogP contribution in [0.2, 0.25) is 0 Å². The zero-order valence-corrected chi connectivity index (χ0v) is 23.5. The van der Waals surface area contributed by atoms with Crippen molar-refractivity contribution in [2.75, 3.05) is 14.2 Å². The van der Waals surface area contributed by atoms with Crippen LogP contribution in [-0.4, -0.2) is 29.1 Å². The van der Waals surface area contributed by atoms with E-state index in [-0.39, 0.29) is 29.4 Å². The van der Waals surface area contributed by atoms with Crippen molar-refractivity contribution in [1.29, 1.82) is 0 Å². The minimum atomic E-state index is -0.708. The smallest absolute Gasteiger partial charge is 0.280 e. The van der Waals surface area contributed by atoms with Crippen molar-refractivity contribution >= 4 is 22.7 Å². The summed E-state index contributed by atoms with van der Waals surface area (Å²) in [4.78, 5) is 23.5. The second-order valence-electron chi connectivity index (χ2n) is 8.97. The molecule has 5 aromatic rings. The van der Waals surface area contributed by atoms with Crippen LogP contribution < -0.4 is 18.9 Å². The minimum Gasteiger partial charge on any atom is -0.492 e. The van der Waals surface area contributed by atoms with Crippen molar-refractivity contribution in [3.8, 4) is 23.0 Å². The lowest BCUT2D eigenvalue weighted by atomic mass is 10.1. The van der Waals surface area contributed by atoms with Gasteiger partial charge in [0.15, 0.2) is 23.0 Å². The number of benzene rings is 4. The van der Waals surface area contributed by atoms with Crippen LogP contribution in [0.15, 0.2) is 103 Å². The van der Waals surface area contributed by atoms with Gasteiger partial charge in [-0.15, -0.1) is 0 Å². The highest BCUT2D eigenvalue weighted by atomic mass is 16.6. The Morgan fingerprint density at radius 1 is 0.721 bits per heavy atom.